The molecule has 0 heterocycles. The maximum absolute atomic E-state index is 12.5. The van der Waals surface area contributed by atoms with Crippen LogP contribution in [-0.2, 0) is 24.4 Å². The molecule has 0 aromatic carbocycles. The summed E-state index contributed by atoms with van der Waals surface area (Å²) in [6.45, 7) is -1.70. The number of hydrogen-bond donors (Lipinski definition) is 1. The van der Waals surface area contributed by atoms with Crippen molar-refractivity contribution in [3.8, 4) is 0 Å². The summed E-state index contributed by atoms with van der Waals surface area (Å²) in [5, 5.41) is -5.11. The van der Waals surface area contributed by atoms with Gasteiger partial charge in [-0.1, -0.05) is 0 Å². The predicted molar refractivity (Wildman–Crippen MR) is 42.2 cm³/mol. The number of rotatable bonds is 5. The Morgan fingerprint density at radius 1 is 1.33 bits per heavy atom. The second-order valence-electron chi connectivity index (χ2n) is 2.49. The number of hydrogen-bond acceptors (Lipinski definition) is 5. The second kappa shape index (κ2) is 4.23. The van der Waals surface area contributed by atoms with Crippen molar-refractivity contribution < 1.29 is 38.7 Å². The average molecular weight is 272 g/mol. The molecule has 0 amide bonds. The van der Waals surface area contributed by atoms with Gasteiger partial charge in [-0.25, -0.2) is 4.39 Å². The number of halogens is 3. The van der Waals surface area contributed by atoms with E-state index in [0.29, 0.717) is 6.26 Å². The molecule has 0 aliphatic heterocycles. The Bertz CT molecular complexity index is 412. The minimum atomic E-state index is -5.95. The Morgan fingerprint density at radius 3 is 2.00 bits per heavy atom. The maximum atomic E-state index is 12.5. The van der Waals surface area contributed by atoms with Crippen molar-refractivity contribution in [1.82, 2.24) is 0 Å². The third-order valence-electron chi connectivity index (χ3n) is 1.14. The van der Waals surface area contributed by atoms with Crippen molar-refractivity contribution in [2.24, 2.45) is 0 Å². The Hall–Kier alpha value is -0.390. The summed E-state index contributed by atoms with van der Waals surface area (Å²) in [5.41, 5.74) is 0. The van der Waals surface area contributed by atoms with E-state index in [1.807, 2.05) is 0 Å². The van der Waals surface area contributed by atoms with Crippen molar-refractivity contribution in [3.05, 3.63) is 0 Å². The first-order valence-corrected chi connectivity index (χ1v) is 6.47. The molecule has 0 rings (SSSR count). The predicted octanol–water partition coefficient (Wildman–Crippen LogP) is -0.219. The quantitative estimate of drug-likeness (QED) is 0.549. The summed E-state index contributed by atoms with van der Waals surface area (Å²) in [5.74, 6) is 0. The fourth-order valence-corrected chi connectivity index (χ4v) is 1.20. The van der Waals surface area contributed by atoms with Crippen molar-refractivity contribution in [2.45, 2.75) is 11.4 Å². The first kappa shape index (κ1) is 14.6. The van der Waals surface area contributed by atoms with Crippen LogP contribution >= 0.6 is 0 Å². The zero-order valence-electron chi connectivity index (χ0n) is 7.22. The molecule has 0 spiro atoms. The lowest BCUT2D eigenvalue weighted by molar-refractivity contribution is -0.0209. The van der Waals surface area contributed by atoms with Gasteiger partial charge in [0, 0.05) is 0 Å². The molecule has 0 aromatic heterocycles. The Kier molecular flexibility index (Phi) is 4.12. The zero-order chi connectivity index (χ0) is 12.5. The van der Waals surface area contributed by atoms with E-state index in [4.69, 9.17) is 4.55 Å². The molecular weight excluding hydrogens is 265 g/mol. The van der Waals surface area contributed by atoms with Crippen LogP contribution in [0.5, 0.6) is 0 Å². The highest BCUT2D eigenvalue weighted by atomic mass is 32.2. The molecule has 0 saturated heterocycles. The minimum absolute atomic E-state index is 0.464. The Labute approximate surface area is 83.9 Å². The van der Waals surface area contributed by atoms with Crippen molar-refractivity contribution in [2.75, 3.05) is 12.9 Å². The van der Waals surface area contributed by atoms with Crippen LogP contribution in [0, 0.1) is 0 Å². The van der Waals surface area contributed by atoms with Crippen LogP contribution in [0.3, 0.4) is 0 Å². The highest BCUT2D eigenvalue weighted by Gasteiger charge is 2.53. The molecule has 0 radical (unpaired) electrons. The lowest BCUT2D eigenvalue weighted by atomic mass is 10.4. The SMILES string of the molecule is CS(=O)(=O)OCC(F)C(F)(F)S(=O)(=O)O. The van der Waals surface area contributed by atoms with Gasteiger partial charge in [-0.2, -0.15) is 25.6 Å². The van der Waals surface area contributed by atoms with Gasteiger partial charge in [0.15, 0.2) is 0 Å². The summed E-state index contributed by atoms with van der Waals surface area (Å²) in [7, 11) is -10.1. The third-order valence-corrected chi connectivity index (χ3v) is 2.64. The topological polar surface area (TPSA) is 97.7 Å². The van der Waals surface area contributed by atoms with Gasteiger partial charge in [0.25, 0.3) is 10.1 Å². The van der Waals surface area contributed by atoms with Crippen LogP contribution in [0.1, 0.15) is 0 Å². The van der Waals surface area contributed by atoms with Gasteiger partial charge >= 0.3 is 15.4 Å². The summed E-state index contributed by atoms with van der Waals surface area (Å²) >= 11 is 0. The minimum Gasteiger partial charge on any atom is -0.281 e. The highest BCUT2D eigenvalue weighted by Crippen LogP contribution is 2.27. The highest BCUT2D eigenvalue weighted by molar-refractivity contribution is 7.87. The van der Waals surface area contributed by atoms with Gasteiger partial charge < -0.3 is 0 Å². The van der Waals surface area contributed by atoms with Crippen molar-refractivity contribution in [1.29, 1.82) is 0 Å². The molecule has 6 nitrogen and oxygen atoms in total. The van der Waals surface area contributed by atoms with Crippen molar-refractivity contribution in [3.63, 3.8) is 0 Å². The van der Waals surface area contributed by atoms with E-state index in [9.17, 15) is 30.0 Å². The van der Waals surface area contributed by atoms with Gasteiger partial charge in [-0.3, -0.25) is 8.74 Å². The van der Waals surface area contributed by atoms with Crippen LogP contribution in [0.4, 0.5) is 13.2 Å². The fourth-order valence-electron chi connectivity index (χ4n) is 0.442. The molecule has 11 heteroatoms. The first-order chi connectivity index (χ1) is 6.38. The zero-order valence-corrected chi connectivity index (χ0v) is 8.86. The molecule has 15 heavy (non-hydrogen) atoms. The van der Waals surface area contributed by atoms with Crippen LogP contribution in [0.25, 0.3) is 0 Å². The van der Waals surface area contributed by atoms with E-state index in [2.05, 4.69) is 4.18 Å². The third kappa shape index (κ3) is 4.32. The summed E-state index contributed by atoms with van der Waals surface area (Å²) in [4.78, 5) is 0. The molecule has 0 bridgehead atoms. The second-order valence-corrected chi connectivity index (χ2v) is 5.63. The monoisotopic (exact) mass is 272 g/mol. The van der Waals surface area contributed by atoms with E-state index in [1.54, 1.807) is 0 Å². The fraction of sp³-hybridized carbons (Fsp3) is 1.00. The van der Waals surface area contributed by atoms with Crippen LogP contribution < -0.4 is 0 Å². The molecule has 1 unspecified atom stereocenters. The molecule has 0 saturated carbocycles. The van der Waals surface area contributed by atoms with Crippen LogP contribution in [0.15, 0.2) is 0 Å². The van der Waals surface area contributed by atoms with E-state index in [1.165, 1.54) is 0 Å². The molecule has 1 atom stereocenters. The van der Waals surface area contributed by atoms with Crippen molar-refractivity contribution >= 4 is 20.2 Å². The average Bonchev–Trinajstić information content (AvgIpc) is 1.96. The van der Waals surface area contributed by atoms with Gasteiger partial charge in [-0.15, -0.1) is 0 Å². The molecule has 92 valence electrons. The molecule has 0 aromatic rings. The first-order valence-electron chi connectivity index (χ1n) is 3.21. The Balaban J connectivity index is 4.68. The standard InChI is InChI=1S/C4H7F3O6S2/c1-14(8,9)13-2-3(5)4(6,7)15(10,11)12/h3H,2H2,1H3,(H,10,11,12). The normalized spacial score (nSPS) is 16.3. The lowest BCUT2D eigenvalue weighted by Gasteiger charge is -2.16. The molecule has 0 aliphatic carbocycles. The van der Waals surface area contributed by atoms with E-state index in [0.717, 1.165) is 0 Å². The molecule has 1 N–H and O–H groups in total. The summed E-state index contributed by atoms with van der Waals surface area (Å²) in [6, 6.07) is 0. The largest absolute Gasteiger partial charge is 0.402 e. The summed E-state index contributed by atoms with van der Waals surface area (Å²) < 4.78 is 89.4. The smallest absolute Gasteiger partial charge is 0.281 e. The molecule has 0 fully saturated rings. The van der Waals surface area contributed by atoms with E-state index in [-0.39, 0.29) is 0 Å². The molecular formula is C4H7F3O6S2. The van der Waals surface area contributed by atoms with Gasteiger partial charge in [0.2, 0.25) is 6.17 Å². The maximum Gasteiger partial charge on any atom is 0.402 e. The molecule has 0 aliphatic rings. The summed E-state index contributed by atoms with van der Waals surface area (Å²) in [6.07, 6.45) is -3.02. The Morgan fingerprint density at radius 2 is 1.73 bits per heavy atom. The van der Waals surface area contributed by atoms with E-state index >= 15 is 0 Å². The van der Waals surface area contributed by atoms with Gasteiger partial charge in [0.05, 0.1) is 6.26 Å². The van der Waals surface area contributed by atoms with Gasteiger partial charge in [0.1, 0.15) is 6.61 Å². The number of alkyl halides is 3. The van der Waals surface area contributed by atoms with Gasteiger partial charge in [-0.05, 0) is 0 Å². The lowest BCUT2D eigenvalue weighted by Crippen LogP contribution is -2.41. The van der Waals surface area contributed by atoms with Crippen LogP contribution in [0.2, 0.25) is 0 Å². The van der Waals surface area contributed by atoms with Crippen LogP contribution in [-0.4, -0.2) is 45.7 Å². The van der Waals surface area contributed by atoms with E-state index < -0.39 is 38.3 Å².